The molecule has 31 heavy (non-hydrogen) atoms. The van der Waals surface area contributed by atoms with E-state index in [9.17, 15) is 9.18 Å². The molecule has 1 aliphatic heterocycles. The van der Waals surface area contributed by atoms with Crippen LogP contribution >= 0.6 is 0 Å². The summed E-state index contributed by atoms with van der Waals surface area (Å²) < 4.78 is 19.5. The maximum Gasteiger partial charge on any atom is 0.225 e. The third-order valence-electron chi connectivity index (χ3n) is 5.31. The van der Waals surface area contributed by atoms with Gasteiger partial charge in [0.15, 0.2) is 5.82 Å². The summed E-state index contributed by atoms with van der Waals surface area (Å²) in [6.07, 6.45) is 5.22. The molecule has 1 saturated heterocycles. The van der Waals surface area contributed by atoms with Gasteiger partial charge in [-0.25, -0.2) is 9.37 Å². The lowest BCUT2D eigenvalue weighted by atomic mass is 9.93. The van der Waals surface area contributed by atoms with Gasteiger partial charge in [0.25, 0.3) is 0 Å². The Hall–Kier alpha value is -3.35. The second kappa shape index (κ2) is 9.20. The first-order valence-corrected chi connectivity index (χ1v) is 10.5. The predicted octanol–water partition coefficient (Wildman–Crippen LogP) is 4.83. The second-order valence-corrected chi connectivity index (χ2v) is 8.03. The van der Waals surface area contributed by atoms with Gasteiger partial charge < -0.3 is 9.64 Å². The maximum absolute atomic E-state index is 13.6. The van der Waals surface area contributed by atoms with Crippen molar-refractivity contribution in [3.63, 3.8) is 0 Å². The first-order chi connectivity index (χ1) is 15.0. The van der Waals surface area contributed by atoms with Gasteiger partial charge in [-0.05, 0) is 37.1 Å². The smallest absolute Gasteiger partial charge is 0.225 e. The van der Waals surface area contributed by atoms with E-state index in [4.69, 9.17) is 9.72 Å². The number of amides is 1. The molecule has 7 heteroatoms. The number of carbonyl (C=O) groups excluding carboxylic acids is 1. The van der Waals surface area contributed by atoms with Gasteiger partial charge in [0.1, 0.15) is 11.6 Å². The molecule has 1 aromatic carbocycles. The number of halogens is 1. The van der Waals surface area contributed by atoms with Crippen molar-refractivity contribution in [2.24, 2.45) is 5.92 Å². The Bertz CT molecular complexity index is 1060. The van der Waals surface area contributed by atoms with Crippen LogP contribution in [-0.4, -0.2) is 38.8 Å². The minimum absolute atomic E-state index is 0.0398. The zero-order valence-electron chi connectivity index (χ0n) is 17.7. The minimum Gasteiger partial charge on any atom is -0.439 e. The van der Waals surface area contributed by atoms with Crippen LogP contribution in [0.2, 0.25) is 0 Å². The van der Waals surface area contributed by atoms with E-state index in [0.29, 0.717) is 24.0 Å². The van der Waals surface area contributed by atoms with Crippen molar-refractivity contribution in [1.82, 2.24) is 19.9 Å². The van der Waals surface area contributed by atoms with E-state index in [1.165, 1.54) is 12.1 Å². The maximum atomic E-state index is 13.6. The minimum atomic E-state index is -0.380. The Morgan fingerprint density at radius 2 is 2.06 bits per heavy atom. The highest BCUT2D eigenvalue weighted by Gasteiger charge is 2.28. The molecule has 0 spiro atoms. The number of pyridine rings is 1. The zero-order valence-corrected chi connectivity index (χ0v) is 17.7. The van der Waals surface area contributed by atoms with Crippen LogP contribution in [0.3, 0.4) is 0 Å². The van der Waals surface area contributed by atoms with Crippen LogP contribution in [0, 0.1) is 11.7 Å². The van der Waals surface area contributed by atoms with E-state index in [-0.39, 0.29) is 23.6 Å². The Labute approximate surface area is 181 Å². The lowest BCUT2D eigenvalue weighted by Crippen LogP contribution is -2.41. The summed E-state index contributed by atoms with van der Waals surface area (Å²) in [7, 11) is 0. The highest BCUT2D eigenvalue weighted by molar-refractivity contribution is 5.78. The molecule has 2 aromatic heterocycles. The van der Waals surface area contributed by atoms with Crippen molar-refractivity contribution in [1.29, 1.82) is 0 Å². The Kier molecular flexibility index (Phi) is 6.21. The van der Waals surface area contributed by atoms with Gasteiger partial charge in [0.05, 0.1) is 5.69 Å². The van der Waals surface area contributed by atoms with Crippen molar-refractivity contribution in [2.75, 3.05) is 13.1 Å². The van der Waals surface area contributed by atoms with Gasteiger partial charge in [0, 0.05) is 55.0 Å². The third kappa shape index (κ3) is 5.05. The van der Waals surface area contributed by atoms with Crippen LogP contribution in [0.15, 0.2) is 54.9 Å². The van der Waals surface area contributed by atoms with Gasteiger partial charge in [0.2, 0.25) is 11.8 Å². The molecule has 0 N–H and O–H groups in total. The monoisotopic (exact) mass is 420 g/mol. The summed E-state index contributed by atoms with van der Waals surface area (Å²) in [4.78, 5) is 27.9. The van der Waals surface area contributed by atoms with Crippen molar-refractivity contribution >= 4 is 5.91 Å². The summed E-state index contributed by atoms with van der Waals surface area (Å²) in [6.45, 7) is 5.21. The van der Waals surface area contributed by atoms with Gasteiger partial charge in [-0.2, -0.15) is 4.98 Å². The molecular weight excluding hydrogens is 395 g/mol. The van der Waals surface area contributed by atoms with Crippen LogP contribution in [0.4, 0.5) is 4.39 Å². The van der Waals surface area contributed by atoms with E-state index < -0.39 is 0 Å². The van der Waals surface area contributed by atoms with E-state index in [1.54, 1.807) is 30.6 Å². The average molecular weight is 420 g/mol. The number of benzene rings is 1. The van der Waals surface area contributed by atoms with Gasteiger partial charge in [-0.15, -0.1) is 0 Å². The molecule has 1 unspecified atom stereocenters. The predicted molar refractivity (Wildman–Crippen MR) is 115 cm³/mol. The number of carbonyl (C=O) groups is 1. The largest absolute Gasteiger partial charge is 0.439 e. The number of piperidine rings is 1. The zero-order chi connectivity index (χ0) is 21.8. The summed E-state index contributed by atoms with van der Waals surface area (Å²) in [5, 5.41) is 0. The molecule has 0 bridgehead atoms. The fourth-order valence-corrected chi connectivity index (χ4v) is 3.76. The topological polar surface area (TPSA) is 68.2 Å². The Balaban J connectivity index is 1.68. The van der Waals surface area contributed by atoms with Crippen LogP contribution in [0.5, 0.6) is 11.6 Å². The molecule has 4 rings (SSSR count). The normalized spacial score (nSPS) is 16.4. The lowest BCUT2D eigenvalue weighted by molar-refractivity contribution is -0.135. The number of aromatic nitrogens is 3. The molecule has 0 radical (unpaired) electrons. The fraction of sp³-hybridized carbons (Fsp3) is 0.333. The van der Waals surface area contributed by atoms with Crippen molar-refractivity contribution in [3.05, 3.63) is 66.4 Å². The highest BCUT2D eigenvalue weighted by atomic mass is 19.1. The first kappa shape index (κ1) is 20.9. The van der Waals surface area contributed by atoms with Crippen molar-refractivity contribution < 1.29 is 13.9 Å². The number of likely N-dealkylation sites (tertiary alicyclic amines) is 1. The van der Waals surface area contributed by atoms with Gasteiger partial charge >= 0.3 is 0 Å². The third-order valence-corrected chi connectivity index (χ3v) is 5.31. The molecule has 1 aliphatic rings. The molecule has 160 valence electrons. The fourth-order valence-electron chi connectivity index (χ4n) is 3.76. The molecule has 3 aromatic rings. The van der Waals surface area contributed by atoms with Crippen LogP contribution < -0.4 is 4.74 Å². The van der Waals surface area contributed by atoms with E-state index in [0.717, 1.165) is 30.6 Å². The molecule has 0 saturated carbocycles. The summed E-state index contributed by atoms with van der Waals surface area (Å²) in [5.74, 6) is 0.997. The van der Waals surface area contributed by atoms with Crippen LogP contribution in [0.1, 0.15) is 38.3 Å². The van der Waals surface area contributed by atoms with E-state index >= 15 is 0 Å². The number of ether oxygens (including phenoxy) is 1. The molecular formula is C24H25FN4O2. The van der Waals surface area contributed by atoms with Gasteiger partial charge in [-0.3, -0.25) is 9.78 Å². The molecule has 6 nitrogen and oxygen atoms in total. The average Bonchev–Trinajstić information content (AvgIpc) is 2.79. The standard InChI is InChI=1S/C24H25FN4O2/c1-16(2)24(30)29-11-5-7-18(15-29)21-13-22(31-20-9-3-8-19(25)12-20)28-23(27-21)17-6-4-10-26-14-17/h3-4,6,8-10,12-14,16,18H,5,7,11,15H2,1-2H3. The highest BCUT2D eigenvalue weighted by Crippen LogP contribution is 2.31. The van der Waals surface area contributed by atoms with Crippen molar-refractivity contribution in [2.45, 2.75) is 32.6 Å². The summed E-state index contributed by atoms with van der Waals surface area (Å²) in [5.41, 5.74) is 1.57. The molecule has 1 amide bonds. The quantitative estimate of drug-likeness (QED) is 0.591. The molecule has 0 aliphatic carbocycles. The van der Waals surface area contributed by atoms with Gasteiger partial charge in [-0.1, -0.05) is 19.9 Å². The lowest BCUT2D eigenvalue weighted by Gasteiger charge is -2.33. The first-order valence-electron chi connectivity index (χ1n) is 10.5. The van der Waals surface area contributed by atoms with Crippen LogP contribution in [0.25, 0.3) is 11.4 Å². The number of rotatable bonds is 5. The summed E-state index contributed by atoms with van der Waals surface area (Å²) in [6, 6.07) is 11.4. The number of hydrogen-bond donors (Lipinski definition) is 0. The van der Waals surface area contributed by atoms with E-state index in [2.05, 4.69) is 9.97 Å². The number of hydrogen-bond acceptors (Lipinski definition) is 5. The van der Waals surface area contributed by atoms with Crippen LogP contribution in [-0.2, 0) is 4.79 Å². The second-order valence-electron chi connectivity index (χ2n) is 8.03. The summed E-state index contributed by atoms with van der Waals surface area (Å²) >= 11 is 0. The molecule has 1 atom stereocenters. The Morgan fingerprint density at radius 3 is 2.81 bits per heavy atom. The Morgan fingerprint density at radius 1 is 1.19 bits per heavy atom. The SMILES string of the molecule is CC(C)C(=O)N1CCCC(c2cc(Oc3cccc(F)c3)nc(-c3cccnc3)n2)C1. The number of nitrogens with zero attached hydrogens (tertiary/aromatic N) is 4. The van der Waals surface area contributed by atoms with Crippen molar-refractivity contribution in [3.8, 4) is 23.0 Å². The molecule has 1 fully saturated rings. The van der Waals surface area contributed by atoms with E-state index in [1.807, 2.05) is 30.9 Å². The molecule has 3 heterocycles.